The number of hydrogen-bond donors (Lipinski definition) is 1. The minimum absolute atomic E-state index is 0.107. The van der Waals surface area contributed by atoms with Gasteiger partial charge in [-0.3, -0.25) is 4.98 Å². The SMILES string of the molecule is CCS(=O)(=O)c1ccc(NCc2ncc(Br)cc2Br)cc1. The van der Waals surface area contributed by atoms with Gasteiger partial charge in [-0.25, -0.2) is 8.42 Å². The van der Waals surface area contributed by atoms with Gasteiger partial charge in [-0.2, -0.15) is 0 Å². The summed E-state index contributed by atoms with van der Waals surface area (Å²) in [6.07, 6.45) is 1.73. The quantitative estimate of drug-likeness (QED) is 0.773. The first-order chi connectivity index (χ1) is 9.92. The largest absolute Gasteiger partial charge is 0.379 e. The van der Waals surface area contributed by atoms with Crippen molar-refractivity contribution < 1.29 is 8.42 Å². The summed E-state index contributed by atoms with van der Waals surface area (Å²) in [6.45, 7) is 2.19. The van der Waals surface area contributed by atoms with Gasteiger partial charge in [-0.1, -0.05) is 6.92 Å². The second-order valence-corrected chi connectivity index (χ2v) is 8.41. The van der Waals surface area contributed by atoms with Crippen LogP contribution in [-0.2, 0) is 16.4 Å². The van der Waals surface area contributed by atoms with E-state index in [1.807, 2.05) is 6.07 Å². The number of rotatable bonds is 5. The highest BCUT2D eigenvalue weighted by molar-refractivity contribution is 9.11. The summed E-state index contributed by atoms with van der Waals surface area (Å²) in [7, 11) is -3.15. The number of pyridine rings is 1. The fourth-order valence-electron chi connectivity index (χ4n) is 1.71. The highest BCUT2D eigenvalue weighted by Crippen LogP contribution is 2.21. The number of nitrogens with zero attached hydrogens (tertiary/aromatic N) is 1. The second-order valence-electron chi connectivity index (χ2n) is 4.36. The van der Waals surface area contributed by atoms with E-state index in [1.54, 1.807) is 37.4 Å². The molecule has 2 aromatic rings. The summed E-state index contributed by atoms with van der Waals surface area (Å²) < 4.78 is 25.3. The van der Waals surface area contributed by atoms with Crippen LogP contribution in [0.1, 0.15) is 12.6 Å². The van der Waals surface area contributed by atoms with Gasteiger partial charge in [0.05, 0.1) is 22.9 Å². The molecule has 0 aliphatic heterocycles. The molecule has 1 heterocycles. The predicted octanol–water partition coefficient (Wildman–Crippen LogP) is 4.01. The summed E-state index contributed by atoms with van der Waals surface area (Å²) in [5, 5.41) is 3.22. The molecule has 1 aromatic carbocycles. The van der Waals surface area contributed by atoms with Gasteiger partial charge in [0.1, 0.15) is 0 Å². The number of anilines is 1. The van der Waals surface area contributed by atoms with Crippen LogP contribution in [0.25, 0.3) is 0 Å². The summed E-state index contributed by atoms with van der Waals surface area (Å²) in [5.74, 6) is 0.107. The summed E-state index contributed by atoms with van der Waals surface area (Å²) >= 11 is 6.81. The number of hydrogen-bond acceptors (Lipinski definition) is 4. The first-order valence-electron chi connectivity index (χ1n) is 6.29. The fourth-order valence-corrected chi connectivity index (χ4v) is 3.72. The third kappa shape index (κ3) is 4.28. The second kappa shape index (κ2) is 6.89. The van der Waals surface area contributed by atoms with Crippen molar-refractivity contribution in [2.75, 3.05) is 11.1 Å². The van der Waals surface area contributed by atoms with E-state index in [9.17, 15) is 8.42 Å². The zero-order valence-electron chi connectivity index (χ0n) is 11.3. The Morgan fingerprint density at radius 1 is 1.19 bits per heavy atom. The minimum Gasteiger partial charge on any atom is -0.379 e. The standard InChI is InChI=1S/C14H14Br2N2O2S/c1-2-21(19,20)12-5-3-11(4-6-12)17-9-14-13(16)7-10(15)8-18-14/h3-8,17H,2,9H2,1H3. The molecule has 0 amide bonds. The first-order valence-corrected chi connectivity index (χ1v) is 9.53. The normalized spacial score (nSPS) is 11.4. The molecule has 0 atom stereocenters. The Morgan fingerprint density at radius 2 is 1.86 bits per heavy atom. The number of halogens is 2. The Hall–Kier alpha value is -0.920. The van der Waals surface area contributed by atoms with Crippen molar-refractivity contribution in [1.82, 2.24) is 4.98 Å². The van der Waals surface area contributed by atoms with E-state index in [1.165, 1.54) is 0 Å². The van der Waals surface area contributed by atoms with Crippen molar-refractivity contribution in [1.29, 1.82) is 0 Å². The molecular formula is C14H14Br2N2O2S. The molecule has 1 aromatic heterocycles. The van der Waals surface area contributed by atoms with Gasteiger partial charge >= 0.3 is 0 Å². The maximum absolute atomic E-state index is 11.7. The van der Waals surface area contributed by atoms with Gasteiger partial charge in [0, 0.05) is 20.8 Å². The molecule has 4 nitrogen and oxygen atoms in total. The molecule has 2 rings (SSSR count). The predicted molar refractivity (Wildman–Crippen MR) is 91.1 cm³/mol. The number of benzene rings is 1. The molecule has 0 bridgehead atoms. The summed E-state index contributed by atoms with van der Waals surface area (Å²) in [4.78, 5) is 4.66. The van der Waals surface area contributed by atoms with Crippen LogP contribution in [0.15, 0.2) is 50.4 Å². The van der Waals surface area contributed by atoms with Crippen LogP contribution in [0.4, 0.5) is 5.69 Å². The molecule has 0 aliphatic carbocycles. The Labute approximate surface area is 141 Å². The molecule has 0 saturated heterocycles. The highest BCUT2D eigenvalue weighted by atomic mass is 79.9. The molecule has 0 radical (unpaired) electrons. The van der Waals surface area contributed by atoms with Crippen molar-refractivity contribution in [3.8, 4) is 0 Å². The van der Waals surface area contributed by atoms with E-state index in [0.29, 0.717) is 11.4 Å². The lowest BCUT2D eigenvalue weighted by molar-refractivity contribution is 0.597. The molecule has 0 fully saturated rings. The topological polar surface area (TPSA) is 59.1 Å². The van der Waals surface area contributed by atoms with E-state index >= 15 is 0 Å². The zero-order chi connectivity index (χ0) is 15.5. The van der Waals surface area contributed by atoms with Gasteiger partial charge in [-0.05, 0) is 62.2 Å². The molecule has 112 valence electrons. The monoisotopic (exact) mass is 432 g/mol. The molecule has 21 heavy (non-hydrogen) atoms. The summed E-state index contributed by atoms with van der Waals surface area (Å²) in [6, 6.07) is 8.68. The van der Waals surface area contributed by atoms with Crippen LogP contribution in [0, 0.1) is 0 Å². The lowest BCUT2D eigenvalue weighted by Gasteiger charge is -2.09. The minimum atomic E-state index is -3.15. The van der Waals surface area contributed by atoms with E-state index < -0.39 is 9.84 Å². The third-order valence-corrected chi connectivity index (χ3v) is 5.81. The molecular weight excluding hydrogens is 420 g/mol. The maximum Gasteiger partial charge on any atom is 0.178 e. The lowest BCUT2D eigenvalue weighted by Crippen LogP contribution is -2.05. The van der Waals surface area contributed by atoms with E-state index in [2.05, 4.69) is 42.2 Å². The van der Waals surface area contributed by atoms with E-state index in [4.69, 9.17) is 0 Å². The molecule has 0 unspecified atom stereocenters. The van der Waals surface area contributed by atoms with Crippen LogP contribution in [0.3, 0.4) is 0 Å². The number of sulfone groups is 1. The van der Waals surface area contributed by atoms with Gasteiger partial charge in [-0.15, -0.1) is 0 Å². The fraction of sp³-hybridized carbons (Fsp3) is 0.214. The van der Waals surface area contributed by atoms with Gasteiger partial charge in [0.25, 0.3) is 0 Å². The number of aromatic nitrogens is 1. The highest BCUT2D eigenvalue weighted by Gasteiger charge is 2.10. The average Bonchev–Trinajstić information content (AvgIpc) is 2.47. The maximum atomic E-state index is 11.7. The van der Waals surface area contributed by atoms with Crippen LogP contribution in [0.2, 0.25) is 0 Å². The Kier molecular flexibility index (Phi) is 5.40. The summed E-state index contributed by atoms with van der Waals surface area (Å²) in [5.41, 5.74) is 1.73. The van der Waals surface area contributed by atoms with Gasteiger partial charge < -0.3 is 5.32 Å². The Bertz CT molecular complexity index is 731. The smallest absolute Gasteiger partial charge is 0.178 e. The van der Waals surface area contributed by atoms with Gasteiger partial charge in [0.2, 0.25) is 0 Å². The van der Waals surface area contributed by atoms with Crippen LogP contribution < -0.4 is 5.32 Å². The molecule has 7 heteroatoms. The molecule has 0 aliphatic rings. The van der Waals surface area contributed by atoms with E-state index in [0.717, 1.165) is 20.3 Å². The van der Waals surface area contributed by atoms with Crippen LogP contribution in [0.5, 0.6) is 0 Å². The van der Waals surface area contributed by atoms with Gasteiger partial charge in [0.15, 0.2) is 9.84 Å². The first kappa shape index (κ1) is 16.5. The Balaban J connectivity index is 2.07. The molecule has 0 spiro atoms. The molecule has 0 saturated carbocycles. The molecule has 1 N–H and O–H groups in total. The van der Waals surface area contributed by atoms with Crippen molar-refractivity contribution >= 4 is 47.4 Å². The number of nitrogens with one attached hydrogen (secondary N) is 1. The average molecular weight is 434 g/mol. The lowest BCUT2D eigenvalue weighted by atomic mass is 10.3. The van der Waals surface area contributed by atoms with Crippen molar-refractivity contribution in [2.45, 2.75) is 18.4 Å². The Morgan fingerprint density at radius 3 is 2.43 bits per heavy atom. The zero-order valence-corrected chi connectivity index (χ0v) is 15.3. The van der Waals surface area contributed by atoms with E-state index in [-0.39, 0.29) is 5.75 Å². The van der Waals surface area contributed by atoms with Crippen molar-refractivity contribution in [3.05, 3.63) is 51.2 Å². The van der Waals surface area contributed by atoms with Crippen molar-refractivity contribution in [2.24, 2.45) is 0 Å². The van der Waals surface area contributed by atoms with Crippen molar-refractivity contribution in [3.63, 3.8) is 0 Å². The third-order valence-electron chi connectivity index (χ3n) is 2.94. The van der Waals surface area contributed by atoms with Crippen LogP contribution in [-0.4, -0.2) is 19.2 Å². The van der Waals surface area contributed by atoms with Crippen LogP contribution >= 0.6 is 31.9 Å².